The van der Waals surface area contributed by atoms with Gasteiger partial charge in [0.15, 0.2) is 0 Å². The van der Waals surface area contributed by atoms with Gasteiger partial charge in [-0.05, 0) is 69.4 Å². The second-order valence-electron chi connectivity index (χ2n) is 6.70. The molecular formula is C17H26BrClN2. The third-order valence-corrected chi connectivity index (χ3v) is 5.38. The molecule has 2 nitrogen and oxygen atoms in total. The molecule has 1 saturated carbocycles. The summed E-state index contributed by atoms with van der Waals surface area (Å²) in [7, 11) is 2.30. The Morgan fingerprint density at radius 2 is 2.00 bits per heavy atom. The summed E-state index contributed by atoms with van der Waals surface area (Å²) in [5, 5.41) is 3.52. The van der Waals surface area contributed by atoms with Gasteiger partial charge in [-0.1, -0.05) is 28.1 Å². The average molecular weight is 374 g/mol. The summed E-state index contributed by atoms with van der Waals surface area (Å²) in [6.45, 7) is 4.87. The number of hydrogen-bond donors (Lipinski definition) is 1. The zero-order valence-corrected chi connectivity index (χ0v) is 15.2. The van der Waals surface area contributed by atoms with Crippen molar-refractivity contribution in [3.63, 3.8) is 0 Å². The Bertz CT molecular complexity index is 439. The molecule has 4 heteroatoms. The molecule has 1 N–H and O–H groups in total. The summed E-state index contributed by atoms with van der Waals surface area (Å²) in [4.78, 5) is 2.56. The first-order chi connectivity index (χ1) is 9.68. The molecule has 1 unspecified atom stereocenters. The molecule has 3 rings (SSSR count). The van der Waals surface area contributed by atoms with Gasteiger partial charge in [0.25, 0.3) is 0 Å². The van der Waals surface area contributed by atoms with E-state index in [1.54, 1.807) is 0 Å². The van der Waals surface area contributed by atoms with Crippen LogP contribution >= 0.6 is 28.3 Å². The molecule has 1 aromatic carbocycles. The molecule has 1 aliphatic heterocycles. The largest absolute Gasteiger partial charge is 0.316 e. The maximum Gasteiger partial charge on any atom is 0.0175 e. The van der Waals surface area contributed by atoms with Crippen LogP contribution < -0.4 is 5.32 Å². The van der Waals surface area contributed by atoms with Gasteiger partial charge in [0.1, 0.15) is 0 Å². The van der Waals surface area contributed by atoms with Gasteiger partial charge >= 0.3 is 0 Å². The molecule has 2 fully saturated rings. The SMILES string of the molecule is CN(CC1CCCNC1)CC1(c2ccc(Br)cc2)CC1.Cl. The Hall–Kier alpha value is -0.0900. The predicted molar refractivity (Wildman–Crippen MR) is 95.4 cm³/mol. The fourth-order valence-corrected chi connectivity index (χ4v) is 3.86. The Morgan fingerprint density at radius 3 is 2.57 bits per heavy atom. The lowest BCUT2D eigenvalue weighted by atomic mass is 9.94. The van der Waals surface area contributed by atoms with Crippen LogP contribution in [0.15, 0.2) is 28.7 Å². The van der Waals surface area contributed by atoms with Gasteiger partial charge in [0.2, 0.25) is 0 Å². The van der Waals surface area contributed by atoms with Gasteiger partial charge in [-0.15, -0.1) is 12.4 Å². The van der Waals surface area contributed by atoms with Crippen LogP contribution in [-0.4, -0.2) is 38.1 Å². The van der Waals surface area contributed by atoms with Crippen LogP contribution in [-0.2, 0) is 5.41 Å². The average Bonchev–Trinajstić information content (AvgIpc) is 3.21. The van der Waals surface area contributed by atoms with Crippen LogP contribution in [0, 0.1) is 5.92 Å². The van der Waals surface area contributed by atoms with Crippen molar-refractivity contribution in [3.05, 3.63) is 34.3 Å². The number of nitrogens with zero attached hydrogens (tertiary/aromatic N) is 1. The van der Waals surface area contributed by atoms with Gasteiger partial charge in [-0.3, -0.25) is 0 Å². The molecule has 21 heavy (non-hydrogen) atoms. The lowest BCUT2D eigenvalue weighted by Gasteiger charge is -2.30. The van der Waals surface area contributed by atoms with E-state index in [9.17, 15) is 0 Å². The minimum Gasteiger partial charge on any atom is -0.316 e. The molecule has 118 valence electrons. The minimum atomic E-state index is 0. The van der Waals surface area contributed by atoms with Gasteiger partial charge in [0, 0.05) is 23.0 Å². The van der Waals surface area contributed by atoms with Crippen LogP contribution in [0.3, 0.4) is 0 Å². The Balaban J connectivity index is 0.00000161. The van der Waals surface area contributed by atoms with Gasteiger partial charge in [0.05, 0.1) is 0 Å². The summed E-state index contributed by atoms with van der Waals surface area (Å²) in [5.74, 6) is 0.842. The van der Waals surface area contributed by atoms with Crippen molar-refractivity contribution >= 4 is 28.3 Å². The highest BCUT2D eigenvalue weighted by atomic mass is 79.9. The third-order valence-electron chi connectivity index (χ3n) is 4.85. The van der Waals surface area contributed by atoms with Gasteiger partial charge < -0.3 is 10.2 Å². The van der Waals surface area contributed by atoms with Crippen LogP contribution in [0.4, 0.5) is 0 Å². The van der Waals surface area contributed by atoms with E-state index in [0.29, 0.717) is 5.41 Å². The predicted octanol–water partition coefficient (Wildman–Crippen LogP) is 3.83. The quantitative estimate of drug-likeness (QED) is 0.843. The number of hydrogen-bond acceptors (Lipinski definition) is 2. The number of rotatable bonds is 5. The van der Waals surface area contributed by atoms with Crippen molar-refractivity contribution in [3.8, 4) is 0 Å². The summed E-state index contributed by atoms with van der Waals surface area (Å²) in [6, 6.07) is 8.96. The molecule has 1 saturated heterocycles. The van der Waals surface area contributed by atoms with E-state index in [1.807, 2.05) is 0 Å². The summed E-state index contributed by atoms with van der Waals surface area (Å²) in [6.07, 6.45) is 5.43. The van der Waals surface area contributed by atoms with Crippen molar-refractivity contribution < 1.29 is 0 Å². The molecule has 1 heterocycles. The molecule has 1 atom stereocenters. The van der Waals surface area contributed by atoms with Crippen LogP contribution in [0.25, 0.3) is 0 Å². The van der Waals surface area contributed by atoms with E-state index in [0.717, 1.165) is 5.92 Å². The fraction of sp³-hybridized carbons (Fsp3) is 0.647. The fourth-order valence-electron chi connectivity index (χ4n) is 3.59. The molecular weight excluding hydrogens is 348 g/mol. The highest BCUT2D eigenvalue weighted by molar-refractivity contribution is 9.10. The molecule has 0 amide bonds. The topological polar surface area (TPSA) is 15.3 Å². The zero-order chi connectivity index (χ0) is 14.0. The lowest BCUT2D eigenvalue weighted by molar-refractivity contribution is 0.228. The Kier molecular flexibility index (Phi) is 6.13. The molecule has 2 aliphatic rings. The second-order valence-corrected chi connectivity index (χ2v) is 7.61. The minimum absolute atomic E-state index is 0. The Morgan fingerprint density at radius 1 is 1.29 bits per heavy atom. The zero-order valence-electron chi connectivity index (χ0n) is 12.8. The van der Waals surface area contributed by atoms with E-state index in [4.69, 9.17) is 0 Å². The molecule has 1 aromatic rings. The summed E-state index contributed by atoms with van der Waals surface area (Å²) < 4.78 is 1.18. The number of piperidine rings is 1. The third kappa shape index (κ3) is 4.44. The van der Waals surface area contributed by atoms with Crippen LogP contribution in [0.2, 0.25) is 0 Å². The molecule has 0 bridgehead atoms. The van der Waals surface area contributed by atoms with Crippen molar-refractivity contribution in [1.29, 1.82) is 0 Å². The molecule has 0 radical (unpaired) electrons. The van der Waals surface area contributed by atoms with E-state index < -0.39 is 0 Å². The van der Waals surface area contributed by atoms with Crippen molar-refractivity contribution in [1.82, 2.24) is 10.2 Å². The number of benzene rings is 1. The van der Waals surface area contributed by atoms with Gasteiger partial charge in [-0.2, -0.15) is 0 Å². The van der Waals surface area contributed by atoms with Crippen molar-refractivity contribution in [2.24, 2.45) is 5.92 Å². The number of nitrogens with one attached hydrogen (secondary N) is 1. The monoisotopic (exact) mass is 372 g/mol. The molecule has 1 aliphatic carbocycles. The van der Waals surface area contributed by atoms with E-state index >= 15 is 0 Å². The Labute approximate surface area is 143 Å². The first-order valence-electron chi connectivity index (χ1n) is 7.83. The van der Waals surface area contributed by atoms with E-state index in [2.05, 4.69) is 57.5 Å². The number of likely N-dealkylation sites (N-methyl/N-ethyl adjacent to an activating group) is 1. The van der Waals surface area contributed by atoms with Crippen molar-refractivity contribution in [2.75, 3.05) is 33.2 Å². The second kappa shape index (κ2) is 7.45. The molecule has 0 spiro atoms. The van der Waals surface area contributed by atoms with E-state index in [1.165, 1.54) is 61.9 Å². The summed E-state index contributed by atoms with van der Waals surface area (Å²) in [5.41, 5.74) is 1.96. The first kappa shape index (κ1) is 17.3. The maximum absolute atomic E-state index is 3.53. The molecule has 0 aromatic heterocycles. The van der Waals surface area contributed by atoms with E-state index in [-0.39, 0.29) is 12.4 Å². The summed E-state index contributed by atoms with van der Waals surface area (Å²) >= 11 is 3.53. The van der Waals surface area contributed by atoms with Crippen molar-refractivity contribution in [2.45, 2.75) is 31.1 Å². The first-order valence-corrected chi connectivity index (χ1v) is 8.63. The lowest BCUT2D eigenvalue weighted by Crippen LogP contribution is -2.39. The number of halogens is 2. The van der Waals surface area contributed by atoms with Gasteiger partial charge in [-0.25, -0.2) is 0 Å². The smallest absolute Gasteiger partial charge is 0.0175 e. The standard InChI is InChI=1S/C17H25BrN2.ClH/c1-20(12-14-3-2-10-19-11-14)13-17(8-9-17)15-4-6-16(18)7-5-15;/h4-7,14,19H,2-3,8-13H2,1H3;1H. The maximum atomic E-state index is 3.53. The van der Waals surface area contributed by atoms with Crippen LogP contribution in [0.1, 0.15) is 31.2 Å². The highest BCUT2D eigenvalue weighted by Crippen LogP contribution is 2.48. The highest BCUT2D eigenvalue weighted by Gasteiger charge is 2.44. The van der Waals surface area contributed by atoms with Crippen LogP contribution in [0.5, 0.6) is 0 Å². The normalized spacial score (nSPS) is 23.7.